The molecule has 1 aromatic carbocycles. The minimum Gasteiger partial charge on any atom is -0.337 e. The topological polar surface area (TPSA) is 46.3 Å². The van der Waals surface area contributed by atoms with Crippen LogP contribution in [0, 0.1) is 0 Å². The zero-order valence-electron chi connectivity index (χ0n) is 12.5. The number of carbonyl (C=O) groups is 1. The summed E-state index contributed by atoms with van der Waals surface area (Å²) in [5.41, 5.74) is 7.31. The zero-order chi connectivity index (χ0) is 15.0. The van der Waals surface area contributed by atoms with E-state index in [2.05, 4.69) is 39.9 Å². The van der Waals surface area contributed by atoms with E-state index in [4.69, 9.17) is 5.73 Å². The Bertz CT molecular complexity index is 502. The van der Waals surface area contributed by atoms with Gasteiger partial charge in [-0.25, -0.2) is 0 Å². The van der Waals surface area contributed by atoms with Gasteiger partial charge in [0.25, 0.3) is 0 Å². The highest BCUT2D eigenvalue weighted by molar-refractivity contribution is 9.10. The number of rotatable bonds is 3. The summed E-state index contributed by atoms with van der Waals surface area (Å²) in [6, 6.07) is 9.35. The Morgan fingerprint density at radius 3 is 2.43 bits per heavy atom. The molecule has 0 radical (unpaired) electrons. The molecule has 2 bridgehead atoms. The van der Waals surface area contributed by atoms with E-state index < -0.39 is 0 Å². The Kier molecular flexibility index (Phi) is 4.36. The van der Waals surface area contributed by atoms with Crippen molar-refractivity contribution in [3.05, 3.63) is 34.3 Å². The van der Waals surface area contributed by atoms with Gasteiger partial charge in [0, 0.05) is 29.0 Å². The van der Waals surface area contributed by atoms with E-state index >= 15 is 0 Å². The molecule has 0 aromatic heterocycles. The maximum absolute atomic E-state index is 12.7. The number of nitrogens with two attached hydrogens (primary N) is 1. The molecule has 2 aliphatic heterocycles. The third kappa shape index (κ3) is 3.16. The van der Waals surface area contributed by atoms with Crippen LogP contribution in [0.15, 0.2) is 28.7 Å². The Hall–Kier alpha value is -0.870. The van der Waals surface area contributed by atoms with Crippen molar-refractivity contribution in [1.82, 2.24) is 4.90 Å². The van der Waals surface area contributed by atoms with Gasteiger partial charge >= 0.3 is 0 Å². The molecule has 2 N–H and O–H groups in total. The number of halogens is 1. The van der Waals surface area contributed by atoms with E-state index in [1.54, 1.807) is 0 Å². The summed E-state index contributed by atoms with van der Waals surface area (Å²) in [6.45, 7) is 2.14. The molecule has 21 heavy (non-hydrogen) atoms. The summed E-state index contributed by atoms with van der Waals surface area (Å²) in [6.07, 6.45) is 4.83. The summed E-state index contributed by atoms with van der Waals surface area (Å²) >= 11 is 3.45. The highest BCUT2D eigenvalue weighted by atomic mass is 79.9. The molecule has 0 saturated carbocycles. The van der Waals surface area contributed by atoms with E-state index in [-0.39, 0.29) is 12.0 Å². The predicted octanol–water partition coefficient (Wildman–Crippen LogP) is 3.42. The number of hydrogen-bond donors (Lipinski definition) is 1. The molecule has 1 amide bonds. The monoisotopic (exact) mass is 350 g/mol. The second-order valence-corrected chi connectivity index (χ2v) is 7.49. The van der Waals surface area contributed by atoms with Gasteiger partial charge in [-0.3, -0.25) is 4.79 Å². The fourth-order valence-corrected chi connectivity index (χ4v) is 4.17. The maximum Gasteiger partial charge on any atom is 0.223 e. The molecule has 3 atom stereocenters. The summed E-state index contributed by atoms with van der Waals surface area (Å²) in [7, 11) is 0. The third-order valence-electron chi connectivity index (χ3n) is 4.98. The van der Waals surface area contributed by atoms with E-state index in [1.165, 1.54) is 5.56 Å². The Morgan fingerprint density at radius 2 is 1.86 bits per heavy atom. The van der Waals surface area contributed by atoms with Crippen LogP contribution in [0.3, 0.4) is 0 Å². The number of benzene rings is 1. The van der Waals surface area contributed by atoms with Gasteiger partial charge in [0.05, 0.1) is 0 Å². The molecule has 114 valence electrons. The van der Waals surface area contributed by atoms with Crippen LogP contribution in [0.5, 0.6) is 0 Å². The van der Waals surface area contributed by atoms with Gasteiger partial charge in [-0.1, -0.05) is 35.0 Å². The second-order valence-electron chi connectivity index (χ2n) is 6.57. The minimum absolute atomic E-state index is 0.264. The molecule has 2 aliphatic rings. The van der Waals surface area contributed by atoms with Crippen molar-refractivity contribution in [2.75, 3.05) is 0 Å². The van der Waals surface area contributed by atoms with Gasteiger partial charge in [0.15, 0.2) is 0 Å². The quantitative estimate of drug-likeness (QED) is 0.907. The average molecular weight is 351 g/mol. The Balaban J connectivity index is 1.65. The number of amides is 1. The summed E-state index contributed by atoms with van der Waals surface area (Å²) < 4.78 is 1.08. The van der Waals surface area contributed by atoms with Crippen LogP contribution in [-0.4, -0.2) is 28.9 Å². The van der Waals surface area contributed by atoms with Crippen LogP contribution < -0.4 is 5.73 Å². The van der Waals surface area contributed by atoms with Crippen LogP contribution in [0.25, 0.3) is 0 Å². The largest absolute Gasteiger partial charge is 0.337 e. The zero-order valence-corrected chi connectivity index (χ0v) is 14.1. The van der Waals surface area contributed by atoms with E-state index in [0.29, 0.717) is 24.4 Å². The molecular weight excluding hydrogens is 328 g/mol. The SMILES string of the molecule is CC(CC(=O)N1C2CCC1CC(N)C2)c1ccc(Br)cc1. The van der Waals surface area contributed by atoms with Crippen LogP contribution >= 0.6 is 15.9 Å². The summed E-state index contributed by atoms with van der Waals surface area (Å²) in [5.74, 6) is 0.574. The first-order valence-corrected chi connectivity index (χ1v) is 8.66. The van der Waals surface area contributed by atoms with E-state index in [9.17, 15) is 4.79 Å². The van der Waals surface area contributed by atoms with Crippen LogP contribution in [0.1, 0.15) is 50.5 Å². The number of piperidine rings is 1. The van der Waals surface area contributed by atoms with E-state index in [1.807, 2.05) is 12.1 Å². The van der Waals surface area contributed by atoms with Crippen molar-refractivity contribution in [3.8, 4) is 0 Å². The summed E-state index contributed by atoms with van der Waals surface area (Å²) in [4.78, 5) is 14.8. The van der Waals surface area contributed by atoms with Gasteiger partial charge in [-0.15, -0.1) is 0 Å². The molecular formula is C17H23BrN2O. The van der Waals surface area contributed by atoms with Gasteiger partial charge in [0.1, 0.15) is 0 Å². The summed E-state index contributed by atoms with van der Waals surface area (Å²) in [5, 5.41) is 0. The molecule has 2 fully saturated rings. The average Bonchev–Trinajstić information content (AvgIpc) is 2.72. The highest BCUT2D eigenvalue weighted by Gasteiger charge is 2.42. The molecule has 2 saturated heterocycles. The highest BCUT2D eigenvalue weighted by Crippen LogP contribution is 2.36. The predicted molar refractivity (Wildman–Crippen MR) is 88.0 cm³/mol. The fourth-order valence-electron chi connectivity index (χ4n) is 3.90. The first-order chi connectivity index (χ1) is 10.0. The maximum atomic E-state index is 12.7. The second kappa shape index (κ2) is 6.09. The lowest BCUT2D eigenvalue weighted by molar-refractivity contribution is -0.136. The molecule has 0 spiro atoms. The lowest BCUT2D eigenvalue weighted by Gasteiger charge is -2.38. The molecule has 0 aliphatic carbocycles. The fraction of sp³-hybridized carbons (Fsp3) is 0.588. The molecule has 2 heterocycles. The third-order valence-corrected chi connectivity index (χ3v) is 5.51. The van der Waals surface area contributed by atoms with Crippen molar-refractivity contribution >= 4 is 21.8 Å². The van der Waals surface area contributed by atoms with Gasteiger partial charge in [0.2, 0.25) is 5.91 Å². The minimum atomic E-state index is 0.264. The van der Waals surface area contributed by atoms with Crippen molar-refractivity contribution in [2.24, 2.45) is 5.73 Å². The number of nitrogens with zero attached hydrogens (tertiary/aromatic N) is 1. The number of carbonyl (C=O) groups excluding carboxylic acids is 1. The number of fused-ring (bicyclic) bond motifs is 2. The lowest BCUT2D eigenvalue weighted by atomic mass is 9.94. The normalized spacial score (nSPS) is 29.5. The molecule has 3 nitrogen and oxygen atoms in total. The smallest absolute Gasteiger partial charge is 0.223 e. The lowest BCUT2D eigenvalue weighted by Crippen LogP contribution is -2.50. The van der Waals surface area contributed by atoms with Gasteiger partial charge in [-0.2, -0.15) is 0 Å². The Labute approximate surface area is 135 Å². The molecule has 4 heteroatoms. The van der Waals surface area contributed by atoms with Gasteiger partial charge < -0.3 is 10.6 Å². The molecule has 1 aromatic rings. The van der Waals surface area contributed by atoms with Crippen molar-refractivity contribution in [3.63, 3.8) is 0 Å². The number of hydrogen-bond acceptors (Lipinski definition) is 2. The van der Waals surface area contributed by atoms with Crippen LogP contribution in [-0.2, 0) is 4.79 Å². The first-order valence-electron chi connectivity index (χ1n) is 7.87. The van der Waals surface area contributed by atoms with Crippen LogP contribution in [0.4, 0.5) is 0 Å². The van der Waals surface area contributed by atoms with Crippen molar-refractivity contribution in [2.45, 2.75) is 63.1 Å². The molecule has 3 rings (SSSR count). The van der Waals surface area contributed by atoms with Crippen molar-refractivity contribution in [1.29, 1.82) is 0 Å². The molecule has 3 unspecified atom stereocenters. The standard InChI is InChI=1S/C17H23BrN2O/c1-11(12-2-4-13(18)5-3-12)8-17(21)20-15-6-7-16(20)10-14(19)9-15/h2-5,11,14-16H,6-10,19H2,1H3. The van der Waals surface area contributed by atoms with Crippen molar-refractivity contribution < 1.29 is 4.79 Å². The Morgan fingerprint density at radius 1 is 1.29 bits per heavy atom. The van der Waals surface area contributed by atoms with Gasteiger partial charge in [-0.05, 0) is 49.3 Å². The van der Waals surface area contributed by atoms with E-state index in [0.717, 1.165) is 30.2 Å². The first kappa shape index (κ1) is 15.0. The van der Waals surface area contributed by atoms with Crippen LogP contribution in [0.2, 0.25) is 0 Å².